The van der Waals surface area contributed by atoms with Gasteiger partial charge in [-0.15, -0.1) is 0 Å². The first-order valence-corrected chi connectivity index (χ1v) is 10.8. The first-order valence-electron chi connectivity index (χ1n) is 10.4. The van der Waals surface area contributed by atoms with Crippen molar-refractivity contribution in [1.82, 2.24) is 15.0 Å². The Labute approximate surface area is 180 Å². The number of fused-ring (bicyclic) bond motifs is 1. The third kappa shape index (κ3) is 3.85. The Balaban J connectivity index is 1.17. The first kappa shape index (κ1) is 19.3. The molecule has 0 radical (unpaired) electrons. The Morgan fingerprint density at radius 3 is 2.63 bits per heavy atom. The average molecular weight is 423 g/mol. The summed E-state index contributed by atoms with van der Waals surface area (Å²) < 4.78 is 5.44. The number of amides is 1. The molecule has 1 fully saturated rings. The zero-order chi connectivity index (χ0) is 20.5. The molecule has 0 atom stereocenters. The van der Waals surface area contributed by atoms with Crippen LogP contribution in [0.3, 0.4) is 0 Å². The molecule has 3 aromatic rings. The highest BCUT2D eigenvalue weighted by Gasteiger charge is 2.32. The Hall–Kier alpha value is -2.70. The van der Waals surface area contributed by atoms with Crippen LogP contribution in [-0.4, -0.2) is 40.6 Å². The topological polar surface area (TPSA) is 62.5 Å². The zero-order valence-electron chi connectivity index (χ0n) is 16.6. The third-order valence-corrected chi connectivity index (χ3v) is 6.27. The van der Waals surface area contributed by atoms with Crippen LogP contribution in [0, 0.1) is 5.92 Å². The molecular weight excluding hydrogens is 400 g/mol. The van der Waals surface area contributed by atoms with Crippen LogP contribution in [0.25, 0.3) is 11.4 Å². The number of anilines is 1. The third-order valence-electron chi connectivity index (χ3n) is 6.02. The average Bonchev–Trinajstić information content (AvgIpc) is 3.42. The summed E-state index contributed by atoms with van der Waals surface area (Å²) in [5.74, 6) is 1.51. The predicted molar refractivity (Wildman–Crippen MR) is 115 cm³/mol. The number of benzene rings is 2. The Bertz CT molecular complexity index is 1040. The Kier molecular flexibility index (Phi) is 5.27. The molecular formula is C23H23ClN4O2. The van der Waals surface area contributed by atoms with Crippen molar-refractivity contribution in [2.45, 2.75) is 25.8 Å². The molecule has 5 rings (SSSR count). The quantitative estimate of drug-likeness (QED) is 0.630. The Morgan fingerprint density at radius 1 is 1.07 bits per heavy atom. The van der Waals surface area contributed by atoms with E-state index in [1.807, 2.05) is 41.3 Å². The first-order chi connectivity index (χ1) is 14.7. The molecule has 0 spiro atoms. The van der Waals surface area contributed by atoms with Crippen LogP contribution in [0.15, 0.2) is 53.1 Å². The van der Waals surface area contributed by atoms with E-state index in [1.165, 1.54) is 5.56 Å². The number of para-hydroxylation sites is 1. The molecule has 0 bridgehead atoms. The van der Waals surface area contributed by atoms with E-state index in [0.29, 0.717) is 23.3 Å². The molecule has 2 aliphatic rings. The molecule has 30 heavy (non-hydrogen) atoms. The maximum atomic E-state index is 13.1. The second kappa shape index (κ2) is 8.20. The largest absolute Gasteiger partial charge is 0.338 e. The van der Waals surface area contributed by atoms with Crippen LogP contribution in [0.4, 0.5) is 5.69 Å². The fourth-order valence-corrected chi connectivity index (χ4v) is 4.48. The molecule has 0 unspecified atom stereocenters. The summed E-state index contributed by atoms with van der Waals surface area (Å²) in [6, 6.07) is 15.6. The van der Waals surface area contributed by atoms with E-state index < -0.39 is 0 Å². The van der Waals surface area contributed by atoms with E-state index in [4.69, 9.17) is 16.1 Å². The summed E-state index contributed by atoms with van der Waals surface area (Å²) in [5.41, 5.74) is 3.24. The van der Waals surface area contributed by atoms with E-state index in [-0.39, 0.29) is 11.8 Å². The standard InChI is InChI=1S/C23H23ClN4O2/c24-19-7-5-17(6-8-19)22-25-21(30-26-22)15-27-12-9-18(10-13-27)23(29)28-14-11-16-3-1-2-4-20(16)28/h1-8,18H,9-15H2. The monoisotopic (exact) mass is 422 g/mol. The number of hydrogen-bond donors (Lipinski definition) is 0. The van der Waals surface area contributed by atoms with Crippen molar-refractivity contribution in [3.63, 3.8) is 0 Å². The number of rotatable bonds is 4. The van der Waals surface area contributed by atoms with Gasteiger partial charge >= 0.3 is 0 Å². The number of nitrogens with zero attached hydrogens (tertiary/aromatic N) is 4. The predicted octanol–water partition coefficient (Wildman–Crippen LogP) is 4.19. The fraction of sp³-hybridized carbons (Fsp3) is 0.348. The van der Waals surface area contributed by atoms with Crippen molar-refractivity contribution >= 4 is 23.2 Å². The van der Waals surface area contributed by atoms with Gasteiger partial charge in [0.2, 0.25) is 17.6 Å². The van der Waals surface area contributed by atoms with Gasteiger partial charge in [0, 0.05) is 28.7 Å². The molecule has 1 amide bonds. The minimum Gasteiger partial charge on any atom is -0.338 e. The number of likely N-dealkylation sites (tertiary alicyclic amines) is 1. The van der Waals surface area contributed by atoms with Crippen LogP contribution >= 0.6 is 11.6 Å². The summed E-state index contributed by atoms with van der Waals surface area (Å²) >= 11 is 5.94. The molecule has 0 saturated carbocycles. The molecule has 3 heterocycles. The van der Waals surface area contributed by atoms with Crippen LogP contribution < -0.4 is 4.90 Å². The summed E-state index contributed by atoms with van der Waals surface area (Å²) in [6.45, 7) is 3.11. The molecule has 0 N–H and O–H groups in total. The summed E-state index contributed by atoms with van der Waals surface area (Å²) in [6.07, 6.45) is 2.67. The summed E-state index contributed by atoms with van der Waals surface area (Å²) in [5, 5.41) is 4.76. The highest BCUT2D eigenvalue weighted by molar-refractivity contribution is 6.30. The van der Waals surface area contributed by atoms with Gasteiger partial charge in [-0.25, -0.2) is 0 Å². The van der Waals surface area contributed by atoms with Crippen molar-refractivity contribution in [2.75, 3.05) is 24.5 Å². The lowest BCUT2D eigenvalue weighted by Gasteiger charge is -2.32. The van der Waals surface area contributed by atoms with Crippen LogP contribution in [0.5, 0.6) is 0 Å². The summed E-state index contributed by atoms with van der Waals surface area (Å²) in [4.78, 5) is 21.8. The lowest BCUT2D eigenvalue weighted by atomic mass is 9.95. The molecule has 2 aliphatic heterocycles. The normalized spacial score (nSPS) is 17.3. The Morgan fingerprint density at radius 2 is 1.83 bits per heavy atom. The lowest BCUT2D eigenvalue weighted by Crippen LogP contribution is -2.42. The molecule has 6 nitrogen and oxygen atoms in total. The summed E-state index contributed by atoms with van der Waals surface area (Å²) in [7, 11) is 0. The molecule has 1 aromatic heterocycles. The van der Waals surface area contributed by atoms with E-state index in [9.17, 15) is 4.79 Å². The highest BCUT2D eigenvalue weighted by Crippen LogP contribution is 2.31. The SMILES string of the molecule is O=C(C1CCN(Cc2nc(-c3ccc(Cl)cc3)no2)CC1)N1CCc2ccccc21. The van der Waals surface area contributed by atoms with E-state index in [0.717, 1.165) is 50.1 Å². The zero-order valence-corrected chi connectivity index (χ0v) is 17.4. The number of aromatic nitrogens is 2. The van der Waals surface area contributed by atoms with E-state index in [2.05, 4.69) is 27.2 Å². The molecule has 0 aliphatic carbocycles. The molecule has 7 heteroatoms. The number of carbonyl (C=O) groups is 1. The fourth-order valence-electron chi connectivity index (χ4n) is 4.35. The van der Waals surface area contributed by atoms with Gasteiger partial charge in [-0.05, 0) is 68.2 Å². The van der Waals surface area contributed by atoms with Crippen molar-refractivity contribution in [2.24, 2.45) is 5.92 Å². The van der Waals surface area contributed by atoms with Gasteiger partial charge < -0.3 is 9.42 Å². The number of carbonyl (C=O) groups excluding carboxylic acids is 1. The smallest absolute Gasteiger partial charge is 0.241 e. The van der Waals surface area contributed by atoms with Gasteiger partial charge in [0.1, 0.15) is 0 Å². The maximum absolute atomic E-state index is 13.1. The molecule has 154 valence electrons. The minimum atomic E-state index is 0.0831. The highest BCUT2D eigenvalue weighted by atomic mass is 35.5. The maximum Gasteiger partial charge on any atom is 0.241 e. The van der Waals surface area contributed by atoms with Crippen LogP contribution in [0.2, 0.25) is 5.02 Å². The van der Waals surface area contributed by atoms with Gasteiger partial charge in [0.15, 0.2) is 0 Å². The number of hydrogen-bond acceptors (Lipinski definition) is 5. The van der Waals surface area contributed by atoms with Gasteiger partial charge in [-0.2, -0.15) is 4.98 Å². The van der Waals surface area contributed by atoms with Crippen LogP contribution in [0.1, 0.15) is 24.3 Å². The number of halogens is 1. The second-order valence-corrected chi connectivity index (χ2v) is 8.37. The van der Waals surface area contributed by atoms with Crippen molar-refractivity contribution in [3.05, 3.63) is 65.0 Å². The van der Waals surface area contributed by atoms with Crippen molar-refractivity contribution in [1.29, 1.82) is 0 Å². The number of piperidine rings is 1. The van der Waals surface area contributed by atoms with Gasteiger partial charge in [-0.3, -0.25) is 9.69 Å². The van der Waals surface area contributed by atoms with Crippen molar-refractivity contribution in [3.8, 4) is 11.4 Å². The minimum absolute atomic E-state index is 0.0831. The van der Waals surface area contributed by atoms with Crippen molar-refractivity contribution < 1.29 is 9.32 Å². The van der Waals surface area contributed by atoms with Gasteiger partial charge in [-0.1, -0.05) is 35.0 Å². The van der Waals surface area contributed by atoms with Gasteiger partial charge in [0.05, 0.1) is 6.54 Å². The van der Waals surface area contributed by atoms with E-state index in [1.54, 1.807) is 0 Å². The van der Waals surface area contributed by atoms with E-state index >= 15 is 0 Å². The van der Waals surface area contributed by atoms with Gasteiger partial charge in [0.25, 0.3) is 0 Å². The molecule has 1 saturated heterocycles. The second-order valence-electron chi connectivity index (χ2n) is 7.94. The lowest BCUT2D eigenvalue weighted by molar-refractivity contribution is -0.123. The molecule has 2 aromatic carbocycles. The van der Waals surface area contributed by atoms with Crippen LogP contribution in [-0.2, 0) is 17.8 Å².